The highest BCUT2D eigenvalue weighted by Gasteiger charge is 2.12. The minimum Gasteiger partial charge on any atom is -1.00 e. The van der Waals surface area contributed by atoms with Crippen LogP contribution in [0.3, 0.4) is 0 Å². The van der Waals surface area contributed by atoms with E-state index >= 15 is 0 Å². The highest BCUT2D eigenvalue weighted by Crippen LogP contribution is 2.21. The van der Waals surface area contributed by atoms with Crippen LogP contribution in [0.2, 0.25) is 10.0 Å². The van der Waals surface area contributed by atoms with Crippen LogP contribution in [0, 0.1) is 0 Å². The minimum atomic E-state index is 0. The fourth-order valence-corrected chi connectivity index (χ4v) is 1.60. The van der Waals surface area contributed by atoms with Crippen molar-refractivity contribution in [3.63, 3.8) is 0 Å². The molecule has 90 valence electrons. The Morgan fingerprint density at radius 1 is 1.31 bits per heavy atom. The zero-order valence-electron chi connectivity index (χ0n) is 9.19. The first-order chi connectivity index (χ1) is 7.00. The molecule has 0 unspecified atom stereocenters. The molecule has 2 nitrogen and oxygen atoms in total. The lowest BCUT2D eigenvalue weighted by Gasteiger charge is -2.07. The Morgan fingerprint density at radius 2 is 1.94 bits per heavy atom. The second-order valence-corrected chi connectivity index (χ2v) is 4.60. The summed E-state index contributed by atoms with van der Waals surface area (Å²) in [5.41, 5.74) is 0.519. The van der Waals surface area contributed by atoms with E-state index in [0.29, 0.717) is 22.0 Å². The molecule has 16 heavy (non-hydrogen) atoms. The van der Waals surface area contributed by atoms with Crippen LogP contribution in [0.1, 0.15) is 16.8 Å². The number of ketones is 1. The molecule has 1 aromatic rings. The zero-order chi connectivity index (χ0) is 11.4. The maximum Gasteiger partial charge on any atom is 0.170 e. The van der Waals surface area contributed by atoms with E-state index in [2.05, 4.69) is 0 Å². The maximum atomic E-state index is 11.8. The molecule has 0 aliphatic heterocycles. The fraction of sp³-hybridized carbons (Fsp3) is 0.364. The number of rotatable bonds is 4. The van der Waals surface area contributed by atoms with Crippen molar-refractivity contribution >= 4 is 29.0 Å². The van der Waals surface area contributed by atoms with E-state index in [1.165, 1.54) is 4.90 Å². The third-order valence-corrected chi connectivity index (χ3v) is 2.65. The molecule has 0 amide bonds. The van der Waals surface area contributed by atoms with Gasteiger partial charge in [0.25, 0.3) is 0 Å². The Kier molecular flexibility index (Phi) is 7.00. The van der Waals surface area contributed by atoms with Crippen LogP contribution >= 0.6 is 23.2 Å². The van der Waals surface area contributed by atoms with Gasteiger partial charge in [0.15, 0.2) is 5.78 Å². The number of carbonyl (C=O) groups excluding carboxylic acids is 1. The predicted molar refractivity (Wildman–Crippen MR) is 63.1 cm³/mol. The molecule has 0 aliphatic carbocycles. The maximum absolute atomic E-state index is 11.8. The second-order valence-electron chi connectivity index (χ2n) is 3.75. The van der Waals surface area contributed by atoms with Crippen molar-refractivity contribution in [3.8, 4) is 0 Å². The summed E-state index contributed by atoms with van der Waals surface area (Å²) >= 11 is 11.7. The summed E-state index contributed by atoms with van der Waals surface area (Å²) < 4.78 is 0. The van der Waals surface area contributed by atoms with Crippen LogP contribution in [-0.2, 0) is 0 Å². The molecule has 1 N–H and O–H groups in total. The summed E-state index contributed by atoms with van der Waals surface area (Å²) in [6, 6.07) is 4.95. The first-order valence-corrected chi connectivity index (χ1v) is 5.53. The number of hydrogen-bond donors (Lipinski definition) is 1. The third kappa shape index (κ3) is 4.71. The Bertz CT molecular complexity index is 366. The molecule has 0 saturated carbocycles. The van der Waals surface area contributed by atoms with Crippen molar-refractivity contribution in [1.82, 2.24) is 0 Å². The molecule has 0 heterocycles. The van der Waals surface area contributed by atoms with Crippen molar-refractivity contribution in [2.45, 2.75) is 6.42 Å². The predicted octanol–water partition coefficient (Wildman–Crippen LogP) is -1.29. The lowest BCUT2D eigenvalue weighted by Crippen LogP contribution is -3.05. The quantitative estimate of drug-likeness (QED) is 0.682. The highest BCUT2D eigenvalue weighted by molar-refractivity contribution is 6.35. The lowest BCUT2D eigenvalue weighted by molar-refractivity contribution is -0.857. The summed E-state index contributed by atoms with van der Waals surface area (Å²) in [7, 11) is 4.01. The van der Waals surface area contributed by atoms with Crippen molar-refractivity contribution in [1.29, 1.82) is 0 Å². The second kappa shape index (κ2) is 7.13. The molecule has 0 bridgehead atoms. The van der Waals surface area contributed by atoms with Gasteiger partial charge in [-0.3, -0.25) is 4.79 Å². The Morgan fingerprint density at radius 3 is 2.50 bits per heavy atom. The van der Waals surface area contributed by atoms with Crippen LogP contribution in [0.25, 0.3) is 0 Å². The molecule has 0 atom stereocenters. The monoisotopic (exact) mass is 281 g/mol. The van der Waals surface area contributed by atoms with Crippen molar-refractivity contribution < 1.29 is 22.1 Å². The molecule has 0 spiro atoms. The zero-order valence-corrected chi connectivity index (χ0v) is 11.5. The van der Waals surface area contributed by atoms with Crippen molar-refractivity contribution in [2.75, 3.05) is 20.6 Å². The van der Waals surface area contributed by atoms with Gasteiger partial charge in [-0.2, -0.15) is 0 Å². The summed E-state index contributed by atoms with van der Waals surface area (Å²) in [5.74, 6) is 0.0451. The van der Waals surface area contributed by atoms with Gasteiger partial charge in [-0.05, 0) is 18.2 Å². The summed E-state index contributed by atoms with van der Waals surface area (Å²) in [6.07, 6.45) is 0.488. The summed E-state index contributed by atoms with van der Waals surface area (Å²) in [4.78, 5) is 13.0. The Hall–Kier alpha value is -0.280. The van der Waals surface area contributed by atoms with Gasteiger partial charge in [-0.1, -0.05) is 23.2 Å². The molecule has 5 heteroatoms. The van der Waals surface area contributed by atoms with Crippen LogP contribution in [-0.4, -0.2) is 26.4 Å². The van der Waals surface area contributed by atoms with Gasteiger partial charge in [-0.25, -0.2) is 0 Å². The number of nitrogens with one attached hydrogen (secondary N) is 1. The van der Waals surface area contributed by atoms with E-state index in [0.717, 1.165) is 6.54 Å². The molecular formula is C11H14Cl3NO. The number of benzene rings is 1. The van der Waals surface area contributed by atoms with Crippen LogP contribution in [0.15, 0.2) is 18.2 Å². The van der Waals surface area contributed by atoms with E-state index in [4.69, 9.17) is 23.2 Å². The molecule has 0 fully saturated rings. The normalized spacial score (nSPS) is 10.1. The lowest BCUT2D eigenvalue weighted by atomic mass is 10.1. The van der Waals surface area contributed by atoms with E-state index in [1.807, 2.05) is 14.1 Å². The topological polar surface area (TPSA) is 21.5 Å². The number of Topliss-reactive ketones (excluding diaryl/α,β-unsaturated/α-hetero) is 1. The van der Waals surface area contributed by atoms with Gasteiger partial charge < -0.3 is 17.3 Å². The van der Waals surface area contributed by atoms with Gasteiger partial charge in [0, 0.05) is 10.6 Å². The highest BCUT2D eigenvalue weighted by atomic mass is 35.5. The molecular weight excluding hydrogens is 268 g/mol. The molecule has 0 radical (unpaired) electrons. The average molecular weight is 283 g/mol. The fourth-order valence-electron chi connectivity index (χ4n) is 1.21. The van der Waals surface area contributed by atoms with Crippen LogP contribution in [0.4, 0.5) is 0 Å². The van der Waals surface area contributed by atoms with Gasteiger partial charge >= 0.3 is 0 Å². The molecule has 1 rings (SSSR count). The number of carbonyl (C=O) groups is 1. The first-order valence-electron chi connectivity index (χ1n) is 4.78. The molecule has 0 aliphatic rings. The number of hydrogen-bond acceptors (Lipinski definition) is 1. The largest absolute Gasteiger partial charge is 1.00 e. The Labute approximate surface area is 112 Å². The van der Waals surface area contributed by atoms with E-state index in [1.54, 1.807) is 18.2 Å². The number of quaternary nitrogens is 1. The SMILES string of the molecule is C[NH+](C)CCC(=O)c1cc(Cl)ccc1Cl.[Cl-]. The van der Waals surface area contributed by atoms with E-state index in [9.17, 15) is 4.79 Å². The summed E-state index contributed by atoms with van der Waals surface area (Å²) in [6.45, 7) is 0.793. The minimum absolute atomic E-state index is 0. The number of halogens is 3. The van der Waals surface area contributed by atoms with E-state index in [-0.39, 0.29) is 18.2 Å². The first kappa shape index (κ1) is 15.7. The molecule has 0 saturated heterocycles. The van der Waals surface area contributed by atoms with E-state index < -0.39 is 0 Å². The standard InChI is InChI=1S/C11H13Cl2NO.ClH/c1-14(2)6-5-11(15)9-7-8(12)3-4-10(9)13;/h3-4,7H,5-6H2,1-2H3;1H. The molecule has 1 aromatic carbocycles. The van der Waals surface area contributed by atoms with Crippen LogP contribution in [0.5, 0.6) is 0 Å². The average Bonchev–Trinajstić information content (AvgIpc) is 2.18. The summed E-state index contributed by atoms with van der Waals surface area (Å²) in [5, 5.41) is 1.01. The van der Waals surface area contributed by atoms with Gasteiger partial charge in [-0.15, -0.1) is 0 Å². The van der Waals surface area contributed by atoms with Gasteiger partial charge in [0.05, 0.1) is 32.1 Å². The van der Waals surface area contributed by atoms with Crippen molar-refractivity contribution in [3.05, 3.63) is 33.8 Å². The smallest absolute Gasteiger partial charge is 0.170 e. The van der Waals surface area contributed by atoms with Gasteiger partial charge in [0.1, 0.15) is 0 Å². The van der Waals surface area contributed by atoms with Crippen LogP contribution < -0.4 is 17.3 Å². The molecule has 0 aromatic heterocycles. The Balaban J connectivity index is 0.00000225. The van der Waals surface area contributed by atoms with Gasteiger partial charge in [0.2, 0.25) is 0 Å². The van der Waals surface area contributed by atoms with Crippen molar-refractivity contribution in [2.24, 2.45) is 0 Å². The third-order valence-electron chi connectivity index (χ3n) is 2.08.